The molecule has 0 aliphatic carbocycles. The van der Waals surface area contributed by atoms with Crippen LogP contribution in [0.3, 0.4) is 0 Å². The van der Waals surface area contributed by atoms with Crippen LogP contribution in [-0.2, 0) is 15.0 Å². The molecule has 0 aromatic heterocycles. The number of rotatable bonds is 6. The number of benzene rings is 1. The maximum Gasteiger partial charge on any atom is 0.247 e. The van der Waals surface area contributed by atoms with Crippen molar-refractivity contribution in [1.29, 1.82) is 0 Å². The second kappa shape index (κ2) is 6.95. The Hall–Kier alpha value is -1.23. The molecule has 1 heterocycles. The summed E-state index contributed by atoms with van der Waals surface area (Å²) in [7, 11) is 6.29. The topological polar surface area (TPSA) is 37.4 Å². The molecule has 2 amide bonds. The third-order valence-corrected chi connectivity index (χ3v) is 6.50. The van der Waals surface area contributed by atoms with Crippen LogP contribution in [0.15, 0.2) is 24.3 Å². The molecule has 0 spiro atoms. The Morgan fingerprint density at radius 1 is 1.17 bits per heavy atom. The molecule has 0 N–H and O–H groups in total. The van der Waals surface area contributed by atoms with E-state index in [2.05, 4.69) is 20.8 Å². The number of thioether (sulfide) groups is 1. The lowest BCUT2D eigenvalue weighted by Crippen LogP contribution is -2.32. The first-order valence-electron chi connectivity index (χ1n) is 8.47. The van der Waals surface area contributed by atoms with E-state index >= 15 is 0 Å². The normalized spacial score (nSPS) is 19.2. The third-order valence-electron chi connectivity index (χ3n) is 5.09. The molecule has 2 radical (unpaired) electrons. The summed E-state index contributed by atoms with van der Waals surface area (Å²) in [4.78, 5) is 26.1. The predicted octanol–water partition coefficient (Wildman–Crippen LogP) is 4.11. The zero-order valence-electron chi connectivity index (χ0n) is 15.3. The van der Waals surface area contributed by atoms with Crippen molar-refractivity contribution >= 4 is 37.1 Å². The summed E-state index contributed by atoms with van der Waals surface area (Å²) in [5.74, 6) is 0.695. The largest absolute Gasteiger partial charge is 0.274 e. The highest BCUT2D eigenvalue weighted by molar-refractivity contribution is 8.00. The van der Waals surface area contributed by atoms with E-state index in [1.165, 1.54) is 4.90 Å². The number of anilines is 1. The second-order valence-corrected chi connectivity index (χ2v) is 8.84. The number of imide groups is 1. The smallest absolute Gasteiger partial charge is 0.247 e. The number of carbonyl (C=O) groups is 2. The summed E-state index contributed by atoms with van der Waals surface area (Å²) in [5.41, 5.74) is 1.53. The number of hydrogen-bond donors (Lipinski definition) is 0. The van der Waals surface area contributed by atoms with Crippen molar-refractivity contribution in [2.24, 2.45) is 0 Å². The highest BCUT2D eigenvalue weighted by atomic mass is 32.2. The first kappa shape index (κ1) is 19.1. The SMILES string of the molecule is [B]C(C)(C)C(C)(C)c1ccc(N2C(=O)CC(SCCC)C2=O)cc1. The lowest BCUT2D eigenvalue weighted by Gasteiger charge is -2.40. The lowest BCUT2D eigenvalue weighted by molar-refractivity contribution is -0.121. The first-order chi connectivity index (χ1) is 11.1. The molecule has 128 valence electrons. The van der Waals surface area contributed by atoms with Gasteiger partial charge in [0.05, 0.1) is 18.8 Å². The van der Waals surface area contributed by atoms with E-state index in [9.17, 15) is 9.59 Å². The Bertz CT molecular complexity index is 619. The van der Waals surface area contributed by atoms with Gasteiger partial charge in [0.25, 0.3) is 0 Å². The van der Waals surface area contributed by atoms with Gasteiger partial charge in [-0.25, -0.2) is 4.90 Å². The molecular formula is C19H26BNO2S. The van der Waals surface area contributed by atoms with E-state index in [0.29, 0.717) is 12.1 Å². The molecule has 1 aromatic rings. The van der Waals surface area contributed by atoms with Gasteiger partial charge in [0, 0.05) is 6.42 Å². The molecule has 1 aromatic carbocycles. The van der Waals surface area contributed by atoms with Gasteiger partial charge in [-0.15, -0.1) is 11.8 Å². The fraction of sp³-hybridized carbons (Fsp3) is 0.579. The summed E-state index contributed by atoms with van der Waals surface area (Å²) in [6, 6.07) is 7.64. The Balaban J connectivity index is 2.22. The summed E-state index contributed by atoms with van der Waals surface area (Å²) < 4.78 is 0. The van der Waals surface area contributed by atoms with Crippen LogP contribution in [0.5, 0.6) is 0 Å². The van der Waals surface area contributed by atoms with Crippen molar-refractivity contribution < 1.29 is 9.59 Å². The summed E-state index contributed by atoms with van der Waals surface area (Å²) in [5, 5.41) is -0.619. The van der Waals surface area contributed by atoms with E-state index in [4.69, 9.17) is 7.85 Å². The molecule has 1 aliphatic rings. The van der Waals surface area contributed by atoms with Gasteiger partial charge in [0.1, 0.15) is 0 Å². The third kappa shape index (κ3) is 3.56. The standard InChI is InChI=1S/C19H26BNO2S/c1-6-11-24-15-12-16(22)21(17(15)23)14-9-7-13(8-10-14)18(2,3)19(4,5)20/h7-10,15H,6,11-12H2,1-5H3. The van der Waals surface area contributed by atoms with Crippen LogP contribution in [0.1, 0.15) is 53.0 Å². The zero-order chi connectivity index (χ0) is 18.1. The Morgan fingerprint density at radius 2 is 1.75 bits per heavy atom. The van der Waals surface area contributed by atoms with Gasteiger partial charge < -0.3 is 0 Å². The Morgan fingerprint density at radius 3 is 2.25 bits per heavy atom. The van der Waals surface area contributed by atoms with E-state index in [1.807, 2.05) is 38.1 Å². The van der Waals surface area contributed by atoms with Crippen LogP contribution in [-0.4, -0.2) is 30.7 Å². The van der Waals surface area contributed by atoms with Crippen LogP contribution in [0.25, 0.3) is 0 Å². The van der Waals surface area contributed by atoms with Crippen LogP contribution in [0.4, 0.5) is 5.69 Å². The molecule has 0 bridgehead atoms. The predicted molar refractivity (Wildman–Crippen MR) is 103 cm³/mol. The van der Waals surface area contributed by atoms with Crippen molar-refractivity contribution in [3.8, 4) is 0 Å². The fourth-order valence-corrected chi connectivity index (χ4v) is 3.69. The van der Waals surface area contributed by atoms with Gasteiger partial charge in [-0.05, 0) is 35.3 Å². The van der Waals surface area contributed by atoms with Gasteiger partial charge in [-0.1, -0.05) is 52.1 Å². The van der Waals surface area contributed by atoms with Gasteiger partial charge in [0.15, 0.2) is 0 Å². The number of hydrogen-bond acceptors (Lipinski definition) is 3. The number of carbonyl (C=O) groups excluding carboxylic acids is 2. The first-order valence-corrected chi connectivity index (χ1v) is 9.52. The number of nitrogens with zero attached hydrogens (tertiary/aromatic N) is 1. The Labute approximate surface area is 151 Å². The highest BCUT2D eigenvalue weighted by Gasteiger charge is 2.40. The zero-order valence-corrected chi connectivity index (χ0v) is 16.1. The van der Waals surface area contributed by atoms with Crippen LogP contribution >= 0.6 is 11.8 Å². The van der Waals surface area contributed by atoms with Gasteiger partial charge in [0.2, 0.25) is 11.8 Å². The van der Waals surface area contributed by atoms with Crippen molar-refractivity contribution in [2.45, 2.75) is 63.4 Å². The van der Waals surface area contributed by atoms with Crippen LogP contribution in [0.2, 0.25) is 5.31 Å². The molecule has 5 heteroatoms. The van der Waals surface area contributed by atoms with Crippen molar-refractivity contribution in [1.82, 2.24) is 0 Å². The Kier molecular flexibility index (Phi) is 5.53. The molecule has 1 saturated heterocycles. The molecule has 3 nitrogen and oxygen atoms in total. The minimum atomic E-state index is -0.379. The van der Waals surface area contributed by atoms with Gasteiger partial charge >= 0.3 is 0 Å². The molecule has 1 fully saturated rings. The summed E-state index contributed by atoms with van der Waals surface area (Å²) in [6.45, 7) is 10.3. The molecule has 1 aliphatic heterocycles. The lowest BCUT2D eigenvalue weighted by atomic mass is 9.54. The molecule has 1 atom stereocenters. The maximum atomic E-state index is 12.5. The maximum absolute atomic E-state index is 12.5. The second-order valence-electron chi connectivity index (χ2n) is 7.52. The van der Waals surface area contributed by atoms with Crippen molar-refractivity contribution in [3.05, 3.63) is 29.8 Å². The van der Waals surface area contributed by atoms with E-state index in [-0.39, 0.29) is 27.8 Å². The summed E-state index contributed by atoms with van der Waals surface area (Å²) in [6.07, 6.45) is 1.30. The highest BCUT2D eigenvalue weighted by Crippen LogP contribution is 2.44. The molecular weight excluding hydrogens is 317 g/mol. The average Bonchev–Trinajstić information content (AvgIpc) is 2.78. The monoisotopic (exact) mass is 343 g/mol. The van der Waals surface area contributed by atoms with Gasteiger partial charge in [-0.3, -0.25) is 9.59 Å². The molecule has 24 heavy (non-hydrogen) atoms. The van der Waals surface area contributed by atoms with Crippen molar-refractivity contribution in [3.63, 3.8) is 0 Å². The fourth-order valence-electron chi connectivity index (χ4n) is 2.66. The van der Waals surface area contributed by atoms with E-state index < -0.39 is 0 Å². The molecule has 2 rings (SSSR count). The van der Waals surface area contributed by atoms with E-state index in [0.717, 1.165) is 17.7 Å². The van der Waals surface area contributed by atoms with Gasteiger partial charge in [-0.2, -0.15) is 0 Å². The van der Waals surface area contributed by atoms with Crippen LogP contribution < -0.4 is 4.90 Å². The minimum absolute atomic E-state index is 0.0929. The van der Waals surface area contributed by atoms with Crippen LogP contribution in [0, 0.1) is 0 Å². The van der Waals surface area contributed by atoms with Crippen molar-refractivity contribution in [2.75, 3.05) is 10.7 Å². The molecule has 0 saturated carbocycles. The van der Waals surface area contributed by atoms with E-state index in [1.54, 1.807) is 11.8 Å². The quantitative estimate of drug-likeness (QED) is 0.576. The molecule has 1 unspecified atom stereocenters. The number of amides is 2. The minimum Gasteiger partial charge on any atom is -0.274 e. The average molecular weight is 343 g/mol. The summed E-state index contributed by atoms with van der Waals surface area (Å²) >= 11 is 1.58.